The van der Waals surface area contributed by atoms with E-state index in [0.717, 1.165) is 0 Å². The molecule has 3 N–H and O–H groups in total. The van der Waals surface area contributed by atoms with Crippen LogP contribution in [0.1, 0.15) is 27.6 Å². The van der Waals surface area contributed by atoms with Crippen molar-refractivity contribution in [2.24, 2.45) is 10.2 Å². The fourth-order valence-corrected chi connectivity index (χ4v) is 1.81. The average Bonchev–Trinajstić information content (AvgIpc) is 2.54. The number of carboxylic acids is 1. The van der Waals surface area contributed by atoms with E-state index in [2.05, 4.69) is 15.5 Å². The largest absolute Gasteiger partial charge is 0.507 e. The van der Waals surface area contributed by atoms with Crippen LogP contribution in [0.25, 0.3) is 0 Å². The molecule has 0 saturated heterocycles. The zero-order valence-electron chi connectivity index (χ0n) is 12.4. The van der Waals surface area contributed by atoms with Crippen molar-refractivity contribution in [2.45, 2.75) is 6.92 Å². The number of nitrogens with zero attached hydrogens (tertiary/aromatic N) is 2. The molecule has 118 valence electrons. The lowest BCUT2D eigenvalue weighted by Gasteiger charge is -2.05. The monoisotopic (exact) mass is 313 g/mol. The van der Waals surface area contributed by atoms with E-state index in [9.17, 15) is 14.7 Å². The van der Waals surface area contributed by atoms with Crippen LogP contribution in [0, 0.1) is 0 Å². The maximum atomic E-state index is 11.8. The molecule has 0 bridgehead atoms. The summed E-state index contributed by atoms with van der Waals surface area (Å²) in [5.41, 5.74) is 1.14. The molecule has 2 aromatic carbocycles. The van der Waals surface area contributed by atoms with Gasteiger partial charge in [0.2, 0.25) is 0 Å². The number of carboxylic acid groups (broad SMARTS) is 1. The van der Waals surface area contributed by atoms with Gasteiger partial charge < -0.3 is 15.5 Å². The first-order chi connectivity index (χ1) is 11.0. The van der Waals surface area contributed by atoms with E-state index in [1.165, 1.54) is 42.5 Å². The zero-order chi connectivity index (χ0) is 16.8. The van der Waals surface area contributed by atoms with E-state index in [0.29, 0.717) is 17.9 Å². The molecule has 1 amide bonds. The van der Waals surface area contributed by atoms with Gasteiger partial charge in [0.25, 0.3) is 5.91 Å². The Morgan fingerprint density at radius 2 is 1.65 bits per heavy atom. The summed E-state index contributed by atoms with van der Waals surface area (Å²) in [7, 11) is 0. The van der Waals surface area contributed by atoms with Crippen molar-refractivity contribution in [1.29, 1.82) is 0 Å². The van der Waals surface area contributed by atoms with Crippen molar-refractivity contribution in [1.82, 2.24) is 5.32 Å². The third-order valence-corrected chi connectivity index (χ3v) is 2.96. The molecule has 0 atom stereocenters. The van der Waals surface area contributed by atoms with Crippen LogP contribution in [-0.2, 0) is 0 Å². The summed E-state index contributed by atoms with van der Waals surface area (Å²) in [6.07, 6.45) is 0. The molecule has 0 aliphatic rings. The standard InChI is InChI=1S/C16H15N3O4/c1-2-17-15(21)13-9-12(7-8-14(13)20)19-18-11-5-3-10(4-6-11)16(22)23/h3-9,20H,2H2,1H3,(H,17,21)(H,22,23)/b19-18+. The van der Waals surface area contributed by atoms with Gasteiger partial charge in [0, 0.05) is 6.54 Å². The molecule has 0 aliphatic carbocycles. The quantitative estimate of drug-likeness (QED) is 0.735. The molecular weight excluding hydrogens is 298 g/mol. The summed E-state index contributed by atoms with van der Waals surface area (Å²) < 4.78 is 0. The lowest BCUT2D eigenvalue weighted by Crippen LogP contribution is -2.22. The van der Waals surface area contributed by atoms with Gasteiger partial charge >= 0.3 is 5.97 Å². The third-order valence-electron chi connectivity index (χ3n) is 2.96. The Morgan fingerprint density at radius 3 is 2.26 bits per heavy atom. The second kappa shape index (κ2) is 7.17. The van der Waals surface area contributed by atoms with Gasteiger partial charge in [-0.1, -0.05) is 0 Å². The van der Waals surface area contributed by atoms with Crippen molar-refractivity contribution < 1.29 is 19.8 Å². The molecule has 0 unspecified atom stereocenters. The number of phenols is 1. The van der Waals surface area contributed by atoms with Crippen LogP contribution in [0.3, 0.4) is 0 Å². The fraction of sp³-hybridized carbons (Fsp3) is 0.125. The highest BCUT2D eigenvalue weighted by Crippen LogP contribution is 2.25. The van der Waals surface area contributed by atoms with Gasteiger partial charge in [0.05, 0.1) is 22.5 Å². The zero-order valence-corrected chi connectivity index (χ0v) is 12.4. The summed E-state index contributed by atoms with van der Waals surface area (Å²) in [5, 5.41) is 29.1. The third kappa shape index (κ3) is 4.13. The normalized spacial score (nSPS) is 10.7. The predicted octanol–water partition coefficient (Wildman–Crippen LogP) is 3.26. The van der Waals surface area contributed by atoms with Crippen molar-refractivity contribution in [2.75, 3.05) is 6.54 Å². The lowest BCUT2D eigenvalue weighted by molar-refractivity contribution is 0.0696. The minimum absolute atomic E-state index is 0.115. The van der Waals surface area contributed by atoms with Crippen molar-refractivity contribution in [3.63, 3.8) is 0 Å². The Morgan fingerprint density at radius 1 is 1.04 bits per heavy atom. The summed E-state index contributed by atoms with van der Waals surface area (Å²) in [5.74, 6) is -1.55. The molecule has 23 heavy (non-hydrogen) atoms. The number of hydrogen-bond acceptors (Lipinski definition) is 5. The molecule has 0 fully saturated rings. The Labute approximate surface area is 132 Å². The number of azo groups is 1. The first-order valence-electron chi connectivity index (χ1n) is 6.87. The number of phenolic OH excluding ortho intramolecular Hbond substituents is 1. The van der Waals surface area contributed by atoms with E-state index in [4.69, 9.17) is 5.11 Å². The predicted molar refractivity (Wildman–Crippen MR) is 83.7 cm³/mol. The minimum atomic E-state index is -1.02. The van der Waals surface area contributed by atoms with Crippen LogP contribution >= 0.6 is 0 Å². The van der Waals surface area contributed by atoms with Gasteiger partial charge in [-0.25, -0.2) is 4.79 Å². The van der Waals surface area contributed by atoms with Gasteiger partial charge in [0.15, 0.2) is 0 Å². The molecule has 7 nitrogen and oxygen atoms in total. The van der Waals surface area contributed by atoms with Crippen LogP contribution in [0.4, 0.5) is 11.4 Å². The Kier molecular flexibility index (Phi) is 5.03. The van der Waals surface area contributed by atoms with Crippen molar-refractivity contribution in [3.8, 4) is 5.75 Å². The molecule has 2 rings (SSSR count). The van der Waals surface area contributed by atoms with Gasteiger partial charge in [-0.2, -0.15) is 10.2 Å². The summed E-state index contributed by atoms with van der Waals surface area (Å²) in [6.45, 7) is 2.22. The maximum Gasteiger partial charge on any atom is 0.335 e. The second-order valence-electron chi connectivity index (χ2n) is 4.61. The van der Waals surface area contributed by atoms with E-state index in [1.54, 1.807) is 6.92 Å². The lowest BCUT2D eigenvalue weighted by atomic mass is 10.1. The molecule has 2 aromatic rings. The number of nitrogens with one attached hydrogen (secondary N) is 1. The van der Waals surface area contributed by atoms with Gasteiger partial charge in [-0.15, -0.1) is 0 Å². The van der Waals surface area contributed by atoms with Gasteiger partial charge in [0.1, 0.15) is 5.75 Å². The number of amides is 1. The molecule has 0 aromatic heterocycles. The molecule has 0 heterocycles. The first-order valence-corrected chi connectivity index (χ1v) is 6.87. The van der Waals surface area contributed by atoms with Gasteiger partial charge in [-0.3, -0.25) is 4.79 Å². The van der Waals surface area contributed by atoms with E-state index in [-0.39, 0.29) is 16.9 Å². The van der Waals surface area contributed by atoms with E-state index < -0.39 is 11.9 Å². The highest BCUT2D eigenvalue weighted by molar-refractivity contribution is 5.97. The first kappa shape index (κ1) is 16.2. The summed E-state index contributed by atoms with van der Waals surface area (Å²) in [6, 6.07) is 10.2. The number of carbonyl (C=O) groups excluding carboxylic acids is 1. The van der Waals surface area contributed by atoms with Crippen LogP contribution < -0.4 is 5.32 Å². The summed E-state index contributed by atoms with van der Waals surface area (Å²) in [4.78, 5) is 22.6. The SMILES string of the molecule is CCNC(=O)c1cc(/N=N/c2ccc(C(=O)O)cc2)ccc1O. The van der Waals surface area contributed by atoms with Gasteiger partial charge in [-0.05, 0) is 49.4 Å². The highest BCUT2D eigenvalue weighted by Gasteiger charge is 2.10. The summed E-state index contributed by atoms with van der Waals surface area (Å²) >= 11 is 0. The smallest absolute Gasteiger partial charge is 0.335 e. The van der Waals surface area contributed by atoms with Crippen LogP contribution in [0.2, 0.25) is 0 Å². The number of rotatable bonds is 5. The van der Waals surface area contributed by atoms with E-state index in [1.807, 2.05) is 0 Å². The number of aromatic carboxylic acids is 1. The minimum Gasteiger partial charge on any atom is -0.507 e. The molecular formula is C16H15N3O4. The Hall–Kier alpha value is -3.22. The molecule has 0 aliphatic heterocycles. The molecule has 0 spiro atoms. The Bertz CT molecular complexity index is 754. The van der Waals surface area contributed by atoms with Crippen LogP contribution in [0.15, 0.2) is 52.7 Å². The van der Waals surface area contributed by atoms with E-state index >= 15 is 0 Å². The van der Waals surface area contributed by atoms with Crippen LogP contribution in [0.5, 0.6) is 5.75 Å². The number of hydrogen-bond donors (Lipinski definition) is 3. The second-order valence-corrected chi connectivity index (χ2v) is 4.61. The van der Waals surface area contributed by atoms with Crippen molar-refractivity contribution >= 4 is 23.3 Å². The molecule has 0 saturated carbocycles. The number of aromatic hydroxyl groups is 1. The average molecular weight is 313 g/mol. The van der Waals surface area contributed by atoms with Crippen LogP contribution in [-0.4, -0.2) is 28.6 Å². The molecule has 0 radical (unpaired) electrons. The Balaban J connectivity index is 2.20. The number of carbonyl (C=O) groups is 2. The molecule has 7 heteroatoms. The maximum absolute atomic E-state index is 11.8. The highest BCUT2D eigenvalue weighted by atomic mass is 16.4. The van der Waals surface area contributed by atoms with Crippen molar-refractivity contribution in [3.05, 3.63) is 53.6 Å². The number of benzene rings is 2. The topological polar surface area (TPSA) is 111 Å². The fourth-order valence-electron chi connectivity index (χ4n) is 1.81.